The number of nitrogens with zero attached hydrogens (tertiary/aromatic N) is 2. The number of rotatable bonds is 7. The minimum absolute atomic E-state index is 0.00659. The lowest BCUT2D eigenvalue weighted by atomic mass is 9.57. The van der Waals surface area contributed by atoms with E-state index in [1.54, 1.807) is 0 Å². The van der Waals surface area contributed by atoms with Crippen molar-refractivity contribution in [2.45, 2.75) is 49.5 Å². The molecule has 0 atom stereocenters. The summed E-state index contributed by atoms with van der Waals surface area (Å²) in [6, 6.07) is 8.09. The second-order valence-corrected chi connectivity index (χ2v) is 9.84. The first-order valence-corrected chi connectivity index (χ1v) is 11.9. The Morgan fingerprint density at radius 2 is 1.54 bits per heavy atom. The minimum atomic E-state index is -0.605. The van der Waals surface area contributed by atoms with Crippen molar-refractivity contribution in [3.05, 3.63) is 64.0 Å². The largest absolute Gasteiger partial charge is 0.484 e. The van der Waals surface area contributed by atoms with Crippen LogP contribution in [0.25, 0.3) is 0 Å². The van der Waals surface area contributed by atoms with Crippen molar-refractivity contribution >= 4 is 29.1 Å². The van der Waals surface area contributed by atoms with E-state index >= 15 is 0 Å². The molecule has 0 radical (unpaired) electrons. The third kappa shape index (κ3) is 4.92. The van der Waals surface area contributed by atoms with Gasteiger partial charge in [-0.15, -0.1) is 5.10 Å². The van der Waals surface area contributed by atoms with Gasteiger partial charge in [0.1, 0.15) is 23.1 Å². The van der Waals surface area contributed by atoms with Crippen molar-refractivity contribution in [3.8, 4) is 17.6 Å². The summed E-state index contributed by atoms with van der Waals surface area (Å²) in [5.74, 6) is -0.549. The molecule has 184 valence electrons. The molecule has 3 fully saturated rings. The zero-order chi connectivity index (χ0) is 24.6. The van der Waals surface area contributed by atoms with E-state index in [-0.39, 0.29) is 51.1 Å². The molecule has 0 aliphatic heterocycles. The summed E-state index contributed by atoms with van der Waals surface area (Å²) < 4.78 is 43.9. The number of carbonyl (C=O) groups excluding carboxylic acids is 1. The van der Waals surface area contributed by atoms with E-state index in [2.05, 4.69) is 15.5 Å². The molecule has 35 heavy (non-hydrogen) atoms. The molecular formula is C24H21Cl2F2N3O4. The molecule has 3 aromatic rings. The summed E-state index contributed by atoms with van der Waals surface area (Å²) in [7, 11) is 0. The predicted octanol–water partition coefficient (Wildman–Crippen LogP) is 5.99. The third-order valence-electron chi connectivity index (χ3n) is 6.87. The molecule has 3 saturated carbocycles. The normalized spacial score (nSPS) is 23.2. The molecule has 3 aliphatic rings. The Bertz CT molecular complexity index is 1240. The number of halogens is 4. The van der Waals surface area contributed by atoms with Gasteiger partial charge in [0.15, 0.2) is 6.61 Å². The highest BCUT2D eigenvalue weighted by Crippen LogP contribution is 2.53. The second-order valence-electron chi connectivity index (χ2n) is 9.02. The number of hydrogen-bond acceptors (Lipinski definition) is 6. The lowest BCUT2D eigenvalue weighted by molar-refractivity contribution is -0.126. The molecule has 3 aliphatic carbocycles. The maximum absolute atomic E-state index is 13.7. The number of ether oxygens (including phenoxy) is 2. The fraction of sp³-hybridized carbons (Fsp3) is 0.375. The highest BCUT2D eigenvalue weighted by Gasteiger charge is 2.52. The van der Waals surface area contributed by atoms with Gasteiger partial charge in [-0.05, 0) is 62.8 Å². The minimum Gasteiger partial charge on any atom is -0.484 e. The van der Waals surface area contributed by atoms with E-state index in [1.807, 2.05) is 0 Å². The number of aromatic nitrogens is 2. The van der Waals surface area contributed by atoms with E-state index in [1.165, 1.54) is 24.3 Å². The van der Waals surface area contributed by atoms with E-state index in [4.69, 9.17) is 37.1 Å². The molecule has 11 heteroatoms. The van der Waals surface area contributed by atoms with Crippen LogP contribution >= 0.6 is 23.2 Å². The highest BCUT2D eigenvalue weighted by molar-refractivity contribution is 6.31. The van der Waals surface area contributed by atoms with Crippen LogP contribution in [0.15, 0.2) is 40.8 Å². The van der Waals surface area contributed by atoms with Crippen LogP contribution in [0, 0.1) is 11.6 Å². The van der Waals surface area contributed by atoms with Crippen LogP contribution in [0.4, 0.5) is 8.78 Å². The first-order valence-electron chi connectivity index (χ1n) is 11.1. The van der Waals surface area contributed by atoms with Gasteiger partial charge >= 0.3 is 6.08 Å². The standard InChI is InChI=1S/C24H21Cl2F2N3O4/c25-16-3-1-14(11-18(16)27)33-13-20(32)29-24-8-5-23(6-9-24,7-10-24)21-30-31-22(35-21)34-15-2-4-17(26)19(28)12-15/h1-4,11-12H,5-10,13H2,(H,29,32). The number of hydrogen-bond donors (Lipinski definition) is 1. The fourth-order valence-electron chi connectivity index (χ4n) is 4.85. The van der Waals surface area contributed by atoms with E-state index in [0.29, 0.717) is 5.89 Å². The monoisotopic (exact) mass is 523 g/mol. The zero-order valence-corrected chi connectivity index (χ0v) is 20.0. The van der Waals surface area contributed by atoms with Gasteiger partial charge in [-0.2, -0.15) is 0 Å². The first-order chi connectivity index (χ1) is 16.8. The zero-order valence-electron chi connectivity index (χ0n) is 18.5. The second kappa shape index (κ2) is 9.28. The summed E-state index contributed by atoms with van der Waals surface area (Å²) in [5.41, 5.74) is -0.614. The van der Waals surface area contributed by atoms with Gasteiger partial charge in [0.05, 0.1) is 10.0 Å². The van der Waals surface area contributed by atoms with Crippen molar-refractivity contribution in [1.29, 1.82) is 0 Å². The average molecular weight is 524 g/mol. The Labute approximate surface area is 209 Å². The summed E-state index contributed by atoms with van der Waals surface area (Å²) in [4.78, 5) is 12.5. The maximum atomic E-state index is 13.7. The summed E-state index contributed by atoms with van der Waals surface area (Å²) >= 11 is 11.4. The van der Waals surface area contributed by atoms with Gasteiger partial charge in [0.2, 0.25) is 5.89 Å². The number of amides is 1. The lowest BCUT2D eigenvalue weighted by Gasteiger charge is -2.51. The molecule has 0 unspecified atom stereocenters. The predicted molar refractivity (Wildman–Crippen MR) is 123 cm³/mol. The third-order valence-corrected chi connectivity index (χ3v) is 7.48. The lowest BCUT2D eigenvalue weighted by Crippen LogP contribution is -2.58. The summed E-state index contributed by atoms with van der Waals surface area (Å²) in [6.07, 6.45) is 4.44. The molecule has 1 aromatic heterocycles. The topological polar surface area (TPSA) is 86.5 Å². The van der Waals surface area contributed by atoms with Crippen LogP contribution in [0.1, 0.15) is 44.4 Å². The Kier molecular flexibility index (Phi) is 6.31. The van der Waals surface area contributed by atoms with Crippen molar-refractivity contribution in [3.63, 3.8) is 0 Å². The Morgan fingerprint density at radius 3 is 2.17 bits per heavy atom. The van der Waals surface area contributed by atoms with Gasteiger partial charge in [-0.1, -0.05) is 28.3 Å². The number of benzene rings is 2. The quantitative estimate of drug-likeness (QED) is 0.409. The van der Waals surface area contributed by atoms with Crippen LogP contribution in [0.2, 0.25) is 10.0 Å². The molecule has 2 bridgehead atoms. The van der Waals surface area contributed by atoms with Crippen molar-refractivity contribution < 1.29 is 27.5 Å². The first kappa shape index (κ1) is 23.8. The molecule has 0 saturated heterocycles. The average Bonchev–Trinajstić information content (AvgIpc) is 3.32. The van der Waals surface area contributed by atoms with E-state index in [0.717, 1.165) is 50.7 Å². The Balaban J connectivity index is 1.17. The molecule has 2 aromatic carbocycles. The van der Waals surface area contributed by atoms with Crippen LogP contribution in [-0.4, -0.2) is 28.3 Å². The number of carbonyl (C=O) groups is 1. The van der Waals surface area contributed by atoms with E-state index < -0.39 is 11.6 Å². The fourth-order valence-corrected chi connectivity index (χ4v) is 5.08. The van der Waals surface area contributed by atoms with Crippen LogP contribution in [0.3, 0.4) is 0 Å². The van der Waals surface area contributed by atoms with Gasteiger partial charge < -0.3 is 19.2 Å². The van der Waals surface area contributed by atoms with Crippen molar-refractivity contribution in [2.75, 3.05) is 6.61 Å². The van der Waals surface area contributed by atoms with Crippen molar-refractivity contribution in [2.24, 2.45) is 0 Å². The number of nitrogens with one attached hydrogen (secondary N) is 1. The SMILES string of the molecule is O=C(COc1ccc(Cl)c(F)c1)NC12CCC(c3nnc(Oc4ccc(Cl)c(F)c4)o3)(CC1)CC2. The molecular weight excluding hydrogens is 503 g/mol. The van der Waals surface area contributed by atoms with Crippen molar-refractivity contribution in [1.82, 2.24) is 15.5 Å². The van der Waals surface area contributed by atoms with Gasteiger partial charge in [-0.25, -0.2) is 8.78 Å². The molecule has 7 nitrogen and oxygen atoms in total. The summed E-state index contributed by atoms with van der Waals surface area (Å²) in [5, 5.41) is 11.3. The number of fused-ring (bicyclic) bond motifs is 3. The Hall–Kier alpha value is -2.91. The van der Waals surface area contributed by atoms with E-state index in [9.17, 15) is 13.6 Å². The molecule has 6 rings (SSSR count). The molecule has 1 heterocycles. The van der Waals surface area contributed by atoms with Crippen LogP contribution in [0.5, 0.6) is 17.6 Å². The highest BCUT2D eigenvalue weighted by atomic mass is 35.5. The molecule has 1 N–H and O–H groups in total. The van der Waals surface area contributed by atoms with Crippen LogP contribution < -0.4 is 14.8 Å². The maximum Gasteiger partial charge on any atom is 0.420 e. The summed E-state index contributed by atoms with van der Waals surface area (Å²) in [6.45, 7) is -0.219. The van der Waals surface area contributed by atoms with Gasteiger partial charge in [0, 0.05) is 23.1 Å². The van der Waals surface area contributed by atoms with Crippen LogP contribution in [-0.2, 0) is 10.2 Å². The smallest absolute Gasteiger partial charge is 0.420 e. The van der Waals surface area contributed by atoms with Gasteiger partial charge in [-0.3, -0.25) is 4.79 Å². The Morgan fingerprint density at radius 1 is 0.943 bits per heavy atom. The molecule has 0 spiro atoms. The molecule has 1 amide bonds. The van der Waals surface area contributed by atoms with Gasteiger partial charge in [0.25, 0.3) is 5.91 Å².